The fourth-order valence-electron chi connectivity index (χ4n) is 3.98. The van der Waals surface area contributed by atoms with Crippen molar-refractivity contribution in [1.82, 2.24) is 0 Å². The zero-order valence-corrected chi connectivity index (χ0v) is 21.8. The highest BCUT2D eigenvalue weighted by molar-refractivity contribution is 6.03. The van der Waals surface area contributed by atoms with Crippen molar-refractivity contribution in [1.29, 1.82) is 0 Å². The van der Waals surface area contributed by atoms with Crippen molar-refractivity contribution in [3.63, 3.8) is 0 Å². The Kier molecular flexibility index (Phi) is 13.7. The van der Waals surface area contributed by atoms with Gasteiger partial charge in [-0.1, -0.05) is 65.2 Å². The second-order valence-corrected chi connectivity index (χ2v) is 8.88. The highest BCUT2D eigenvalue weighted by Crippen LogP contribution is 2.18. The van der Waals surface area contributed by atoms with E-state index in [1.807, 2.05) is 24.3 Å². The smallest absolute Gasteiger partial charge is 0.118 e. The monoisotopic (exact) mass is 464 g/mol. The highest BCUT2D eigenvalue weighted by atomic mass is 16.5. The van der Waals surface area contributed by atoms with E-state index in [9.17, 15) is 0 Å². The molecule has 2 rings (SSSR count). The molecule has 34 heavy (non-hydrogen) atoms. The van der Waals surface area contributed by atoms with E-state index in [-0.39, 0.29) is 0 Å². The third kappa shape index (κ3) is 10.1. The molecule has 0 aliphatic rings. The second-order valence-electron chi connectivity index (χ2n) is 8.88. The first-order chi connectivity index (χ1) is 16.7. The van der Waals surface area contributed by atoms with Gasteiger partial charge in [0.05, 0.1) is 25.6 Å². The molecule has 0 amide bonds. The zero-order valence-electron chi connectivity index (χ0n) is 21.8. The Hall–Kier alpha value is -2.62. The average Bonchev–Trinajstić information content (AvgIpc) is 2.89. The van der Waals surface area contributed by atoms with Crippen molar-refractivity contribution in [2.24, 2.45) is 10.2 Å². The Morgan fingerprint density at radius 1 is 0.529 bits per heavy atom. The van der Waals surface area contributed by atoms with Gasteiger partial charge in [-0.05, 0) is 85.3 Å². The molecular formula is C30H44N2O2. The molecule has 2 aromatic rings. The van der Waals surface area contributed by atoms with E-state index in [2.05, 4.69) is 38.1 Å². The SMILES string of the molecule is CCCCCCC/C(=N\N=C(/CCCCCCC)c1ccc(OC)cc1)c1ccc(OC)cc1. The number of nitrogens with zero attached hydrogens (tertiary/aromatic N) is 2. The van der Waals surface area contributed by atoms with Gasteiger partial charge in [-0.25, -0.2) is 0 Å². The average molecular weight is 465 g/mol. The molecule has 0 saturated heterocycles. The topological polar surface area (TPSA) is 43.2 Å². The van der Waals surface area contributed by atoms with E-state index in [1.54, 1.807) is 14.2 Å². The number of ether oxygens (including phenoxy) is 2. The molecule has 0 aliphatic heterocycles. The maximum absolute atomic E-state index is 5.34. The van der Waals surface area contributed by atoms with Gasteiger partial charge >= 0.3 is 0 Å². The van der Waals surface area contributed by atoms with Crippen LogP contribution in [0.3, 0.4) is 0 Å². The predicted molar refractivity (Wildman–Crippen MR) is 146 cm³/mol. The van der Waals surface area contributed by atoms with Crippen molar-refractivity contribution < 1.29 is 9.47 Å². The molecule has 0 atom stereocenters. The van der Waals surface area contributed by atoms with Crippen LogP contribution in [0.15, 0.2) is 58.7 Å². The molecule has 0 radical (unpaired) electrons. The highest BCUT2D eigenvalue weighted by Gasteiger charge is 2.08. The summed E-state index contributed by atoms with van der Waals surface area (Å²) in [6, 6.07) is 16.4. The van der Waals surface area contributed by atoms with Gasteiger partial charge in [-0.3, -0.25) is 0 Å². The van der Waals surface area contributed by atoms with Crippen LogP contribution in [0.5, 0.6) is 11.5 Å². The maximum Gasteiger partial charge on any atom is 0.118 e. The van der Waals surface area contributed by atoms with Gasteiger partial charge in [-0.15, -0.1) is 0 Å². The number of unbranched alkanes of at least 4 members (excludes halogenated alkanes) is 8. The van der Waals surface area contributed by atoms with Crippen LogP contribution in [0, 0.1) is 0 Å². The summed E-state index contributed by atoms with van der Waals surface area (Å²) in [4.78, 5) is 0. The fraction of sp³-hybridized carbons (Fsp3) is 0.533. The van der Waals surface area contributed by atoms with Crippen LogP contribution in [-0.2, 0) is 0 Å². The van der Waals surface area contributed by atoms with Crippen LogP contribution >= 0.6 is 0 Å². The molecule has 0 aliphatic carbocycles. The van der Waals surface area contributed by atoms with Gasteiger partial charge in [0.2, 0.25) is 0 Å². The van der Waals surface area contributed by atoms with Crippen LogP contribution in [0.4, 0.5) is 0 Å². The summed E-state index contributed by atoms with van der Waals surface area (Å²) in [5.41, 5.74) is 4.35. The lowest BCUT2D eigenvalue weighted by molar-refractivity contribution is 0.414. The zero-order chi connectivity index (χ0) is 24.4. The molecular weight excluding hydrogens is 420 g/mol. The molecule has 0 N–H and O–H groups in total. The second kappa shape index (κ2) is 16.9. The van der Waals surface area contributed by atoms with Gasteiger partial charge in [-0.2, -0.15) is 10.2 Å². The van der Waals surface area contributed by atoms with Crippen molar-refractivity contribution in [2.45, 2.75) is 90.9 Å². The number of methoxy groups -OCH3 is 2. The summed E-state index contributed by atoms with van der Waals surface area (Å²) in [7, 11) is 3.40. The lowest BCUT2D eigenvalue weighted by atomic mass is 10.0. The minimum absolute atomic E-state index is 0.862. The van der Waals surface area contributed by atoms with E-state index in [4.69, 9.17) is 19.7 Å². The number of benzene rings is 2. The summed E-state index contributed by atoms with van der Waals surface area (Å²) < 4.78 is 10.7. The minimum atomic E-state index is 0.862. The first-order valence-electron chi connectivity index (χ1n) is 13.1. The van der Waals surface area contributed by atoms with Crippen LogP contribution in [0.25, 0.3) is 0 Å². The maximum atomic E-state index is 5.34. The summed E-state index contributed by atoms with van der Waals surface area (Å²) in [6.45, 7) is 4.50. The van der Waals surface area contributed by atoms with Crippen molar-refractivity contribution >= 4 is 11.4 Å². The summed E-state index contributed by atoms with van der Waals surface area (Å²) in [5, 5.41) is 9.67. The van der Waals surface area contributed by atoms with E-state index in [1.165, 1.54) is 51.4 Å². The third-order valence-corrected chi connectivity index (χ3v) is 6.17. The van der Waals surface area contributed by atoms with Gasteiger partial charge < -0.3 is 9.47 Å². The Morgan fingerprint density at radius 3 is 1.21 bits per heavy atom. The van der Waals surface area contributed by atoms with Crippen LogP contribution in [0.1, 0.15) is 102 Å². The summed E-state index contributed by atoms with van der Waals surface area (Å²) in [5.74, 6) is 1.72. The lowest BCUT2D eigenvalue weighted by Crippen LogP contribution is -2.04. The number of rotatable bonds is 17. The molecule has 0 aromatic heterocycles. The molecule has 0 bridgehead atoms. The Bertz CT molecular complexity index is 781. The van der Waals surface area contributed by atoms with Crippen LogP contribution < -0.4 is 9.47 Å². The first-order valence-corrected chi connectivity index (χ1v) is 13.1. The third-order valence-electron chi connectivity index (χ3n) is 6.17. The summed E-state index contributed by atoms with van der Waals surface area (Å²) in [6.07, 6.45) is 14.3. The van der Waals surface area contributed by atoms with Crippen molar-refractivity contribution in [3.8, 4) is 11.5 Å². The molecule has 0 saturated carbocycles. The molecule has 186 valence electrons. The summed E-state index contributed by atoms with van der Waals surface area (Å²) >= 11 is 0. The van der Waals surface area contributed by atoms with E-state index < -0.39 is 0 Å². The van der Waals surface area contributed by atoms with Crippen molar-refractivity contribution in [2.75, 3.05) is 14.2 Å². The van der Waals surface area contributed by atoms with E-state index in [0.29, 0.717) is 0 Å². The van der Waals surface area contributed by atoms with Gasteiger partial charge in [0.1, 0.15) is 11.5 Å². The molecule has 4 heteroatoms. The lowest BCUT2D eigenvalue weighted by Gasteiger charge is -2.09. The van der Waals surface area contributed by atoms with E-state index >= 15 is 0 Å². The Labute approximate surface area is 207 Å². The van der Waals surface area contributed by atoms with E-state index in [0.717, 1.165) is 59.7 Å². The van der Waals surface area contributed by atoms with Gasteiger partial charge in [0, 0.05) is 0 Å². The van der Waals surface area contributed by atoms with Crippen molar-refractivity contribution in [3.05, 3.63) is 59.7 Å². The standard InChI is InChI=1S/C30H44N2O2/c1-5-7-9-11-13-15-29(25-17-21-27(33-3)22-18-25)31-32-30(16-14-12-10-8-6-2)26-19-23-28(34-4)24-20-26/h17-24H,5-16H2,1-4H3/b31-29+,32-30+. The normalized spacial score (nSPS) is 12.1. The molecule has 0 unspecified atom stereocenters. The largest absolute Gasteiger partial charge is 0.497 e. The Morgan fingerprint density at radius 2 is 0.882 bits per heavy atom. The van der Waals surface area contributed by atoms with Crippen LogP contribution in [-0.4, -0.2) is 25.6 Å². The molecule has 2 aromatic carbocycles. The molecule has 0 spiro atoms. The fourth-order valence-corrected chi connectivity index (χ4v) is 3.98. The number of hydrogen-bond donors (Lipinski definition) is 0. The number of hydrogen-bond acceptors (Lipinski definition) is 4. The van der Waals surface area contributed by atoms with Gasteiger partial charge in [0.15, 0.2) is 0 Å². The Balaban J connectivity index is 2.26. The van der Waals surface area contributed by atoms with Gasteiger partial charge in [0.25, 0.3) is 0 Å². The molecule has 0 heterocycles. The quantitative estimate of drug-likeness (QED) is 0.134. The first kappa shape index (κ1) is 27.6. The predicted octanol–water partition coefficient (Wildman–Crippen LogP) is 8.62. The molecule has 0 fully saturated rings. The minimum Gasteiger partial charge on any atom is -0.497 e. The molecule has 4 nitrogen and oxygen atoms in total. The van der Waals surface area contributed by atoms with Crippen LogP contribution in [0.2, 0.25) is 0 Å².